The Bertz CT molecular complexity index is 443. The van der Waals surface area contributed by atoms with Gasteiger partial charge < -0.3 is 5.32 Å². The van der Waals surface area contributed by atoms with Crippen LogP contribution in [0.4, 0.5) is 13.2 Å². The smallest absolute Gasteiger partial charge is 0.194 e. The molecule has 0 amide bonds. The number of nitrogens with one attached hydrogen (secondary N) is 1. The van der Waals surface area contributed by atoms with Crippen LogP contribution >= 0.6 is 24.8 Å². The van der Waals surface area contributed by atoms with E-state index >= 15 is 0 Å². The fraction of sp³-hybridized carbons (Fsp3) is 0.429. The Morgan fingerprint density at radius 2 is 1.67 bits per heavy atom. The Hall–Kier alpha value is -0.750. The SMILES string of the molecule is C=CC[C@@H](c1cc(F)c(F)c(F)c1)N1CCNCC1.Cl.Cl. The zero-order chi connectivity index (χ0) is 13.8. The molecule has 1 aliphatic rings. The number of rotatable bonds is 4. The molecule has 2 rings (SSSR count). The van der Waals surface area contributed by atoms with E-state index in [9.17, 15) is 13.2 Å². The normalized spacial score (nSPS) is 16.5. The van der Waals surface area contributed by atoms with Crippen LogP contribution in [0, 0.1) is 17.5 Å². The molecule has 21 heavy (non-hydrogen) atoms. The topological polar surface area (TPSA) is 15.3 Å². The largest absolute Gasteiger partial charge is 0.314 e. The highest BCUT2D eigenvalue weighted by Crippen LogP contribution is 2.27. The van der Waals surface area contributed by atoms with Crippen molar-refractivity contribution in [3.05, 3.63) is 47.8 Å². The minimum Gasteiger partial charge on any atom is -0.314 e. The lowest BCUT2D eigenvalue weighted by atomic mass is 10.0. The lowest BCUT2D eigenvalue weighted by Crippen LogP contribution is -2.45. The molecule has 0 bridgehead atoms. The minimum absolute atomic E-state index is 0. The molecule has 7 heteroatoms. The molecule has 0 aliphatic carbocycles. The first-order valence-corrected chi connectivity index (χ1v) is 6.33. The van der Waals surface area contributed by atoms with Gasteiger partial charge in [-0.15, -0.1) is 31.4 Å². The van der Waals surface area contributed by atoms with Crippen LogP contribution in [0.2, 0.25) is 0 Å². The molecule has 1 aliphatic heterocycles. The third-order valence-electron chi connectivity index (χ3n) is 3.37. The Morgan fingerprint density at radius 3 is 2.14 bits per heavy atom. The zero-order valence-corrected chi connectivity index (χ0v) is 13.1. The van der Waals surface area contributed by atoms with E-state index < -0.39 is 17.5 Å². The molecule has 1 fully saturated rings. The fourth-order valence-electron chi connectivity index (χ4n) is 2.42. The number of benzene rings is 1. The summed E-state index contributed by atoms with van der Waals surface area (Å²) in [5.74, 6) is -3.69. The first kappa shape index (κ1) is 20.2. The molecular formula is C14H19Cl2F3N2. The van der Waals surface area contributed by atoms with Gasteiger partial charge in [-0.25, -0.2) is 13.2 Å². The highest BCUT2D eigenvalue weighted by molar-refractivity contribution is 5.85. The highest BCUT2D eigenvalue weighted by atomic mass is 35.5. The predicted molar refractivity (Wildman–Crippen MR) is 82.8 cm³/mol. The maximum atomic E-state index is 13.3. The van der Waals surface area contributed by atoms with Crippen LogP contribution < -0.4 is 5.32 Å². The van der Waals surface area contributed by atoms with Gasteiger partial charge in [-0.3, -0.25) is 4.90 Å². The van der Waals surface area contributed by atoms with E-state index in [1.165, 1.54) is 0 Å². The van der Waals surface area contributed by atoms with Crippen LogP contribution in [-0.4, -0.2) is 31.1 Å². The number of piperazine rings is 1. The molecule has 2 nitrogen and oxygen atoms in total. The van der Waals surface area contributed by atoms with Gasteiger partial charge in [0.1, 0.15) is 0 Å². The molecular weight excluding hydrogens is 324 g/mol. The molecule has 1 atom stereocenters. The summed E-state index contributed by atoms with van der Waals surface area (Å²) >= 11 is 0. The molecule has 1 N–H and O–H groups in total. The third kappa shape index (κ3) is 4.88. The van der Waals surface area contributed by atoms with Crippen LogP contribution in [0.1, 0.15) is 18.0 Å². The third-order valence-corrected chi connectivity index (χ3v) is 3.37. The van der Waals surface area contributed by atoms with Crippen LogP contribution in [0.5, 0.6) is 0 Å². The molecule has 0 saturated carbocycles. The van der Waals surface area contributed by atoms with Gasteiger partial charge in [0.25, 0.3) is 0 Å². The Balaban J connectivity index is 0.00000200. The first-order chi connectivity index (χ1) is 9.13. The predicted octanol–water partition coefficient (Wildman–Crippen LogP) is 3.47. The lowest BCUT2D eigenvalue weighted by Gasteiger charge is -2.34. The summed E-state index contributed by atoms with van der Waals surface area (Å²) < 4.78 is 39.7. The van der Waals surface area contributed by atoms with Gasteiger partial charge in [0.05, 0.1) is 0 Å². The number of halogens is 5. The standard InChI is InChI=1S/C14H17F3N2.2ClH/c1-2-3-13(19-6-4-18-5-7-19)10-8-11(15)14(17)12(16)9-10;;/h2,8-9,13,18H,1,3-7H2;2*1H/t13-;;/m0../s1. The van der Waals surface area contributed by atoms with Crippen LogP contribution in [0.25, 0.3) is 0 Å². The van der Waals surface area contributed by atoms with E-state index in [1.807, 2.05) is 0 Å². The monoisotopic (exact) mass is 342 g/mol. The molecule has 1 aromatic carbocycles. The van der Waals surface area contributed by atoms with Crippen molar-refractivity contribution in [1.29, 1.82) is 0 Å². The average molecular weight is 343 g/mol. The highest BCUT2D eigenvalue weighted by Gasteiger charge is 2.23. The lowest BCUT2D eigenvalue weighted by molar-refractivity contribution is 0.173. The molecule has 1 heterocycles. The van der Waals surface area contributed by atoms with Gasteiger partial charge in [-0.2, -0.15) is 0 Å². The second kappa shape index (κ2) is 9.30. The number of hydrogen-bond acceptors (Lipinski definition) is 2. The molecule has 1 aromatic rings. The summed E-state index contributed by atoms with van der Waals surface area (Å²) in [7, 11) is 0. The maximum Gasteiger partial charge on any atom is 0.194 e. The summed E-state index contributed by atoms with van der Waals surface area (Å²) in [6, 6.07) is 1.99. The van der Waals surface area contributed by atoms with Crippen LogP contribution in [0.3, 0.4) is 0 Å². The second-order valence-electron chi connectivity index (χ2n) is 4.62. The Labute approximate surface area is 135 Å². The van der Waals surface area contributed by atoms with Gasteiger partial charge >= 0.3 is 0 Å². The molecule has 1 saturated heterocycles. The quantitative estimate of drug-likeness (QED) is 0.665. The summed E-state index contributed by atoms with van der Waals surface area (Å²) in [5, 5.41) is 3.22. The second-order valence-corrected chi connectivity index (χ2v) is 4.62. The minimum atomic E-state index is -1.42. The van der Waals surface area contributed by atoms with Gasteiger partial charge in [-0.1, -0.05) is 6.08 Å². The van der Waals surface area contributed by atoms with Crippen molar-refractivity contribution < 1.29 is 13.2 Å². The van der Waals surface area contributed by atoms with E-state index in [0.717, 1.165) is 38.3 Å². The van der Waals surface area contributed by atoms with Gasteiger partial charge in [-0.05, 0) is 24.1 Å². The zero-order valence-electron chi connectivity index (χ0n) is 11.4. The summed E-state index contributed by atoms with van der Waals surface area (Å²) in [4.78, 5) is 2.13. The van der Waals surface area contributed by atoms with Crippen LogP contribution in [0.15, 0.2) is 24.8 Å². The van der Waals surface area contributed by atoms with Crippen molar-refractivity contribution in [2.75, 3.05) is 26.2 Å². The van der Waals surface area contributed by atoms with E-state index in [-0.39, 0.29) is 30.9 Å². The maximum absolute atomic E-state index is 13.3. The Kier molecular flexibility index (Phi) is 8.97. The first-order valence-electron chi connectivity index (χ1n) is 6.33. The van der Waals surface area contributed by atoms with E-state index in [0.29, 0.717) is 12.0 Å². The molecule has 0 aromatic heterocycles. The van der Waals surface area contributed by atoms with Gasteiger partial charge in [0, 0.05) is 32.2 Å². The van der Waals surface area contributed by atoms with Gasteiger partial charge in [0.2, 0.25) is 0 Å². The van der Waals surface area contributed by atoms with Crippen molar-refractivity contribution in [3.63, 3.8) is 0 Å². The van der Waals surface area contributed by atoms with Crippen molar-refractivity contribution in [1.82, 2.24) is 10.2 Å². The average Bonchev–Trinajstić information content (AvgIpc) is 2.42. The van der Waals surface area contributed by atoms with Crippen molar-refractivity contribution in [2.24, 2.45) is 0 Å². The summed E-state index contributed by atoms with van der Waals surface area (Å²) in [5.41, 5.74) is 0.457. The van der Waals surface area contributed by atoms with E-state index in [4.69, 9.17) is 0 Å². The van der Waals surface area contributed by atoms with E-state index in [2.05, 4.69) is 16.8 Å². The van der Waals surface area contributed by atoms with Gasteiger partial charge in [0.15, 0.2) is 17.5 Å². The molecule has 0 radical (unpaired) electrons. The molecule has 0 spiro atoms. The van der Waals surface area contributed by atoms with E-state index in [1.54, 1.807) is 6.08 Å². The summed E-state index contributed by atoms with van der Waals surface area (Å²) in [6.07, 6.45) is 2.29. The molecule has 120 valence electrons. The Morgan fingerprint density at radius 1 is 1.14 bits per heavy atom. The number of nitrogens with zero attached hydrogens (tertiary/aromatic N) is 1. The number of hydrogen-bond donors (Lipinski definition) is 1. The van der Waals surface area contributed by atoms with Crippen molar-refractivity contribution in [3.8, 4) is 0 Å². The summed E-state index contributed by atoms with van der Waals surface area (Å²) in [6.45, 7) is 6.93. The fourth-order valence-corrected chi connectivity index (χ4v) is 2.42. The molecule has 0 unspecified atom stereocenters. The van der Waals surface area contributed by atoms with Crippen molar-refractivity contribution >= 4 is 24.8 Å². The van der Waals surface area contributed by atoms with Crippen LogP contribution in [-0.2, 0) is 0 Å². The van der Waals surface area contributed by atoms with Crippen molar-refractivity contribution in [2.45, 2.75) is 12.5 Å².